The van der Waals surface area contributed by atoms with E-state index in [4.69, 9.17) is 9.78 Å². The fourth-order valence-corrected chi connectivity index (χ4v) is 1.51. The van der Waals surface area contributed by atoms with Crippen molar-refractivity contribution in [1.82, 2.24) is 10.1 Å². The van der Waals surface area contributed by atoms with Gasteiger partial charge >= 0.3 is 6.18 Å². The number of nitrogens with zero attached hydrogens (tertiary/aromatic N) is 3. The largest absolute Gasteiger partial charge is 0.433 e. The number of pyridine rings is 1. The maximum Gasteiger partial charge on any atom is 0.433 e. The number of alkyl halides is 3. The van der Waals surface area contributed by atoms with Crippen molar-refractivity contribution < 1.29 is 17.7 Å². The topological polar surface area (TPSA) is 74.7 Å². The van der Waals surface area contributed by atoms with E-state index in [1.807, 2.05) is 0 Å². The summed E-state index contributed by atoms with van der Waals surface area (Å²) in [5.74, 6) is 0.293. The third-order valence-electron chi connectivity index (χ3n) is 2.41. The van der Waals surface area contributed by atoms with Crippen molar-refractivity contribution in [2.75, 3.05) is 5.32 Å². The smallest absolute Gasteiger partial charge is 0.362 e. The van der Waals surface area contributed by atoms with Crippen LogP contribution >= 0.6 is 0 Å². The van der Waals surface area contributed by atoms with Gasteiger partial charge in [0.2, 0.25) is 0 Å². The van der Waals surface area contributed by atoms with Gasteiger partial charge in [0, 0.05) is 6.07 Å². The van der Waals surface area contributed by atoms with Gasteiger partial charge in [0.05, 0.1) is 17.8 Å². The van der Waals surface area contributed by atoms with Gasteiger partial charge in [-0.05, 0) is 19.1 Å². The standard InChI is InChI=1S/C12H9F3N4O/c1-7-4-9(20-19-7)6-17-11-8(5-16)2-3-10(18-11)12(13,14)15/h2-4H,6H2,1H3,(H,17,18). The first-order valence-electron chi connectivity index (χ1n) is 5.54. The summed E-state index contributed by atoms with van der Waals surface area (Å²) in [6, 6.07) is 5.25. The molecule has 104 valence electrons. The number of nitriles is 1. The molecule has 0 bridgehead atoms. The van der Waals surface area contributed by atoms with Gasteiger partial charge in [0.1, 0.15) is 17.6 Å². The third kappa shape index (κ3) is 3.06. The van der Waals surface area contributed by atoms with E-state index in [1.165, 1.54) is 0 Å². The maximum absolute atomic E-state index is 12.6. The number of aryl methyl sites for hydroxylation is 1. The Morgan fingerprint density at radius 2 is 2.15 bits per heavy atom. The lowest BCUT2D eigenvalue weighted by molar-refractivity contribution is -0.141. The van der Waals surface area contributed by atoms with Crippen molar-refractivity contribution in [3.63, 3.8) is 0 Å². The zero-order valence-electron chi connectivity index (χ0n) is 10.3. The van der Waals surface area contributed by atoms with Crippen molar-refractivity contribution in [3.8, 4) is 6.07 Å². The van der Waals surface area contributed by atoms with Gasteiger partial charge in [-0.3, -0.25) is 0 Å². The monoisotopic (exact) mass is 282 g/mol. The summed E-state index contributed by atoms with van der Waals surface area (Å²) < 4.78 is 42.6. The van der Waals surface area contributed by atoms with Gasteiger partial charge in [-0.15, -0.1) is 0 Å². The lowest BCUT2D eigenvalue weighted by Gasteiger charge is -2.10. The van der Waals surface area contributed by atoms with E-state index in [0.29, 0.717) is 11.5 Å². The summed E-state index contributed by atoms with van der Waals surface area (Å²) in [6.45, 7) is 1.81. The molecule has 0 aliphatic heterocycles. The molecular weight excluding hydrogens is 273 g/mol. The van der Waals surface area contributed by atoms with E-state index >= 15 is 0 Å². The molecule has 0 saturated carbocycles. The van der Waals surface area contributed by atoms with E-state index in [1.54, 1.807) is 19.1 Å². The number of anilines is 1. The molecule has 2 heterocycles. The Morgan fingerprint density at radius 3 is 2.70 bits per heavy atom. The average molecular weight is 282 g/mol. The van der Waals surface area contributed by atoms with E-state index in [0.717, 1.165) is 12.1 Å². The van der Waals surface area contributed by atoms with Crippen LogP contribution in [0.3, 0.4) is 0 Å². The van der Waals surface area contributed by atoms with Crippen LogP contribution in [-0.4, -0.2) is 10.1 Å². The number of hydrogen-bond acceptors (Lipinski definition) is 5. The fraction of sp³-hybridized carbons (Fsp3) is 0.250. The Hall–Kier alpha value is -2.56. The highest BCUT2D eigenvalue weighted by molar-refractivity contribution is 5.52. The van der Waals surface area contributed by atoms with Crippen molar-refractivity contribution in [2.24, 2.45) is 0 Å². The fourth-order valence-electron chi connectivity index (χ4n) is 1.51. The van der Waals surface area contributed by atoms with Crippen LogP contribution in [0.4, 0.5) is 19.0 Å². The number of halogens is 3. The molecule has 20 heavy (non-hydrogen) atoms. The molecule has 0 amide bonds. The van der Waals surface area contributed by atoms with E-state index in [2.05, 4.69) is 15.5 Å². The van der Waals surface area contributed by atoms with Gasteiger partial charge in [-0.1, -0.05) is 5.16 Å². The normalized spacial score (nSPS) is 11.2. The van der Waals surface area contributed by atoms with Crippen molar-refractivity contribution in [1.29, 1.82) is 5.26 Å². The molecule has 0 unspecified atom stereocenters. The van der Waals surface area contributed by atoms with Crippen molar-refractivity contribution >= 4 is 5.82 Å². The van der Waals surface area contributed by atoms with Crippen LogP contribution in [0.5, 0.6) is 0 Å². The molecular formula is C12H9F3N4O. The third-order valence-corrected chi connectivity index (χ3v) is 2.41. The minimum atomic E-state index is -4.56. The Bertz CT molecular complexity index is 657. The molecule has 0 spiro atoms. The van der Waals surface area contributed by atoms with Crippen LogP contribution < -0.4 is 5.32 Å². The second-order valence-electron chi connectivity index (χ2n) is 3.99. The number of rotatable bonds is 3. The first-order valence-corrected chi connectivity index (χ1v) is 5.54. The molecule has 0 saturated heterocycles. The maximum atomic E-state index is 12.6. The molecule has 0 aliphatic rings. The molecule has 0 aromatic carbocycles. The summed E-state index contributed by atoms with van der Waals surface area (Å²) in [6.07, 6.45) is -4.56. The zero-order chi connectivity index (χ0) is 14.8. The zero-order valence-corrected chi connectivity index (χ0v) is 10.3. The Labute approximate surface area is 112 Å². The second kappa shape index (κ2) is 5.21. The van der Waals surface area contributed by atoms with E-state index in [9.17, 15) is 13.2 Å². The predicted octanol–water partition coefficient (Wildman–Crippen LogP) is 2.88. The quantitative estimate of drug-likeness (QED) is 0.936. The molecule has 5 nitrogen and oxygen atoms in total. The molecule has 0 aliphatic carbocycles. The number of hydrogen-bond donors (Lipinski definition) is 1. The highest BCUT2D eigenvalue weighted by Crippen LogP contribution is 2.29. The highest BCUT2D eigenvalue weighted by atomic mass is 19.4. The second-order valence-corrected chi connectivity index (χ2v) is 3.99. The van der Waals surface area contributed by atoms with Crippen LogP contribution in [0.25, 0.3) is 0 Å². The molecule has 8 heteroatoms. The molecule has 1 N–H and O–H groups in total. The summed E-state index contributed by atoms with van der Waals surface area (Å²) in [5.41, 5.74) is -0.388. The lowest BCUT2D eigenvalue weighted by Crippen LogP contribution is -2.11. The molecule has 0 radical (unpaired) electrons. The molecule has 0 fully saturated rings. The van der Waals surface area contributed by atoms with Gasteiger partial charge in [-0.2, -0.15) is 18.4 Å². The first-order chi connectivity index (χ1) is 9.40. The Balaban J connectivity index is 2.23. The van der Waals surface area contributed by atoms with Crippen LogP contribution in [0, 0.1) is 18.3 Å². The van der Waals surface area contributed by atoms with E-state index in [-0.39, 0.29) is 17.9 Å². The highest BCUT2D eigenvalue weighted by Gasteiger charge is 2.33. The van der Waals surface area contributed by atoms with Crippen LogP contribution in [-0.2, 0) is 12.7 Å². The minimum Gasteiger partial charge on any atom is -0.362 e. The Morgan fingerprint density at radius 1 is 1.40 bits per heavy atom. The van der Waals surface area contributed by atoms with Gasteiger partial charge in [0.25, 0.3) is 0 Å². The lowest BCUT2D eigenvalue weighted by atomic mass is 10.2. The minimum absolute atomic E-state index is 0.0224. The van der Waals surface area contributed by atoms with Gasteiger partial charge in [-0.25, -0.2) is 4.98 Å². The van der Waals surface area contributed by atoms with Crippen molar-refractivity contribution in [3.05, 3.63) is 40.9 Å². The van der Waals surface area contributed by atoms with Crippen LogP contribution in [0.1, 0.15) is 22.7 Å². The predicted molar refractivity (Wildman–Crippen MR) is 62.5 cm³/mol. The van der Waals surface area contributed by atoms with Crippen LogP contribution in [0.2, 0.25) is 0 Å². The van der Waals surface area contributed by atoms with Crippen LogP contribution in [0.15, 0.2) is 22.7 Å². The molecule has 2 aromatic rings. The molecule has 2 rings (SSSR count). The summed E-state index contributed by atoms with van der Waals surface area (Å²) in [5, 5.41) is 15.2. The summed E-state index contributed by atoms with van der Waals surface area (Å²) in [4.78, 5) is 3.42. The van der Waals surface area contributed by atoms with E-state index < -0.39 is 11.9 Å². The average Bonchev–Trinajstić information content (AvgIpc) is 2.80. The molecule has 2 aromatic heterocycles. The van der Waals surface area contributed by atoms with Crippen molar-refractivity contribution in [2.45, 2.75) is 19.6 Å². The summed E-state index contributed by atoms with van der Waals surface area (Å²) >= 11 is 0. The van der Waals surface area contributed by atoms with Gasteiger partial charge < -0.3 is 9.84 Å². The Kier molecular flexibility index (Phi) is 3.61. The SMILES string of the molecule is Cc1cc(CNc2nc(C(F)(F)F)ccc2C#N)on1. The first kappa shape index (κ1) is 13.9. The number of nitrogens with one attached hydrogen (secondary N) is 1. The van der Waals surface area contributed by atoms with Gasteiger partial charge in [0.15, 0.2) is 5.76 Å². The summed E-state index contributed by atoms with van der Waals surface area (Å²) in [7, 11) is 0. The number of aromatic nitrogens is 2. The molecule has 0 atom stereocenters.